The van der Waals surface area contributed by atoms with Crippen LogP contribution in [0, 0.1) is 13.8 Å². The molecule has 6 heteroatoms. The van der Waals surface area contributed by atoms with E-state index in [4.69, 9.17) is 21.9 Å². The van der Waals surface area contributed by atoms with Crippen LogP contribution in [0.25, 0.3) is 0 Å². The fraction of sp³-hybridized carbons (Fsp3) is 0.500. The van der Waals surface area contributed by atoms with Gasteiger partial charge < -0.3 is 15.0 Å². The first-order chi connectivity index (χ1) is 12.5. The lowest BCUT2D eigenvalue weighted by Gasteiger charge is -2.30. The Hall–Kier alpha value is -1.66. The fourth-order valence-electron chi connectivity index (χ4n) is 2.58. The van der Waals surface area contributed by atoms with Crippen LogP contribution in [0.15, 0.2) is 23.6 Å². The highest BCUT2D eigenvalue weighted by molar-refractivity contribution is 7.80. The van der Waals surface area contributed by atoms with Crippen LogP contribution in [0.3, 0.4) is 0 Å². The van der Waals surface area contributed by atoms with Crippen LogP contribution < -0.4 is 10.1 Å². The van der Waals surface area contributed by atoms with E-state index in [9.17, 15) is 0 Å². The van der Waals surface area contributed by atoms with Crippen LogP contribution in [0.2, 0.25) is 0 Å². The van der Waals surface area contributed by atoms with Crippen molar-refractivity contribution in [2.24, 2.45) is 0 Å². The van der Waals surface area contributed by atoms with Gasteiger partial charge in [0.25, 0.3) is 0 Å². The molecular formula is C20H29N3OS2. The molecule has 0 fully saturated rings. The molecular weight excluding hydrogens is 362 g/mol. The summed E-state index contributed by atoms with van der Waals surface area (Å²) in [6.07, 6.45) is 1.04. The third-order valence-corrected chi connectivity index (χ3v) is 5.80. The highest BCUT2D eigenvalue weighted by atomic mass is 32.1. The summed E-state index contributed by atoms with van der Waals surface area (Å²) >= 11 is 7.17. The minimum absolute atomic E-state index is 0.373. The van der Waals surface area contributed by atoms with E-state index in [0.717, 1.165) is 41.1 Å². The number of thiazole rings is 1. The predicted octanol–water partition coefficient (Wildman–Crippen LogP) is 4.83. The third kappa shape index (κ3) is 5.42. The van der Waals surface area contributed by atoms with E-state index in [1.165, 1.54) is 11.1 Å². The molecule has 2 aromatic rings. The number of nitrogens with zero attached hydrogens (tertiary/aromatic N) is 2. The maximum absolute atomic E-state index is 5.97. The molecule has 1 aromatic heterocycles. The Bertz CT molecular complexity index is 730. The Labute approximate surface area is 166 Å². The van der Waals surface area contributed by atoms with Gasteiger partial charge in [0, 0.05) is 18.0 Å². The van der Waals surface area contributed by atoms with E-state index < -0.39 is 0 Å². The molecule has 1 aromatic carbocycles. The zero-order valence-corrected chi connectivity index (χ0v) is 18.0. The summed E-state index contributed by atoms with van der Waals surface area (Å²) in [4.78, 5) is 6.95. The molecule has 0 aliphatic rings. The van der Waals surface area contributed by atoms with E-state index >= 15 is 0 Å². The Morgan fingerprint density at radius 2 is 2.12 bits per heavy atom. The molecule has 2 rings (SSSR count). The summed E-state index contributed by atoms with van der Waals surface area (Å²) < 4.78 is 5.97. The van der Waals surface area contributed by atoms with Gasteiger partial charge in [-0.15, -0.1) is 11.3 Å². The van der Waals surface area contributed by atoms with Crippen LogP contribution in [0.5, 0.6) is 5.75 Å². The zero-order chi connectivity index (χ0) is 19.1. The largest absolute Gasteiger partial charge is 0.486 e. The number of thiocarbonyl (C=S) groups is 1. The van der Waals surface area contributed by atoms with Crippen molar-refractivity contribution >= 4 is 28.7 Å². The van der Waals surface area contributed by atoms with Crippen molar-refractivity contribution in [2.45, 2.75) is 60.2 Å². The molecule has 1 N–H and O–H groups in total. The van der Waals surface area contributed by atoms with Crippen molar-refractivity contribution < 1.29 is 4.74 Å². The number of hydrogen-bond acceptors (Lipinski definition) is 4. The van der Waals surface area contributed by atoms with Gasteiger partial charge in [0.05, 0.1) is 12.2 Å². The van der Waals surface area contributed by atoms with Crippen molar-refractivity contribution in [1.29, 1.82) is 0 Å². The summed E-state index contributed by atoms with van der Waals surface area (Å²) in [7, 11) is 0. The standard InChI is InChI=1S/C20H29N3OS2/c1-6-15(4)23(20(25)21-7-2)11-17-13-26-19(22-17)12-24-18-10-8-9-14(3)16(18)5/h8-10,13,15H,6-7,11-12H2,1-5H3,(H,21,25)/t15-/m1/s1. The second kappa shape index (κ2) is 9.88. The van der Waals surface area contributed by atoms with Crippen LogP contribution in [-0.2, 0) is 13.2 Å². The monoisotopic (exact) mass is 391 g/mol. The van der Waals surface area contributed by atoms with Crippen molar-refractivity contribution in [1.82, 2.24) is 15.2 Å². The van der Waals surface area contributed by atoms with Gasteiger partial charge >= 0.3 is 0 Å². The second-order valence-corrected chi connectivity index (χ2v) is 7.77. The lowest BCUT2D eigenvalue weighted by molar-refractivity contribution is 0.298. The quantitative estimate of drug-likeness (QED) is 0.652. The number of aromatic nitrogens is 1. The van der Waals surface area contributed by atoms with Gasteiger partial charge in [-0.3, -0.25) is 0 Å². The van der Waals surface area contributed by atoms with E-state index in [1.807, 2.05) is 12.1 Å². The highest BCUT2D eigenvalue weighted by Crippen LogP contribution is 2.23. The van der Waals surface area contributed by atoms with Gasteiger partial charge in [-0.05, 0) is 63.5 Å². The summed E-state index contributed by atoms with van der Waals surface area (Å²) in [6.45, 7) is 12.7. The van der Waals surface area contributed by atoms with Gasteiger partial charge in [0.2, 0.25) is 0 Å². The molecule has 4 nitrogen and oxygen atoms in total. The van der Waals surface area contributed by atoms with E-state index in [0.29, 0.717) is 12.6 Å². The van der Waals surface area contributed by atoms with Crippen molar-refractivity contribution in [3.8, 4) is 5.75 Å². The van der Waals surface area contributed by atoms with Gasteiger partial charge in [-0.25, -0.2) is 4.98 Å². The van der Waals surface area contributed by atoms with Crippen molar-refractivity contribution in [3.63, 3.8) is 0 Å². The van der Waals surface area contributed by atoms with Crippen molar-refractivity contribution in [3.05, 3.63) is 45.4 Å². The number of aryl methyl sites for hydroxylation is 1. The average Bonchev–Trinajstić information content (AvgIpc) is 3.08. The maximum Gasteiger partial charge on any atom is 0.169 e. The smallest absolute Gasteiger partial charge is 0.169 e. The summed E-state index contributed by atoms with van der Waals surface area (Å²) in [5.74, 6) is 0.927. The van der Waals surface area contributed by atoms with E-state index in [1.54, 1.807) is 11.3 Å². The number of hydrogen-bond donors (Lipinski definition) is 1. The third-order valence-electron chi connectivity index (χ3n) is 4.55. The first-order valence-corrected chi connectivity index (χ1v) is 10.4. The Kier molecular flexibility index (Phi) is 7.85. The first-order valence-electron chi connectivity index (χ1n) is 9.13. The Balaban J connectivity index is 2.01. The number of nitrogens with one attached hydrogen (secondary N) is 1. The van der Waals surface area contributed by atoms with Gasteiger partial charge in [-0.2, -0.15) is 0 Å². The average molecular weight is 392 g/mol. The molecule has 0 aliphatic heterocycles. The topological polar surface area (TPSA) is 37.4 Å². The Morgan fingerprint density at radius 1 is 1.35 bits per heavy atom. The maximum atomic E-state index is 5.97. The molecule has 26 heavy (non-hydrogen) atoms. The fourth-order valence-corrected chi connectivity index (χ4v) is 3.67. The summed E-state index contributed by atoms with van der Waals surface area (Å²) in [6, 6.07) is 6.51. The lowest BCUT2D eigenvalue weighted by Crippen LogP contribution is -2.44. The Morgan fingerprint density at radius 3 is 2.81 bits per heavy atom. The van der Waals surface area contributed by atoms with Crippen LogP contribution in [0.4, 0.5) is 0 Å². The summed E-state index contributed by atoms with van der Waals surface area (Å²) in [5, 5.41) is 7.14. The molecule has 0 bridgehead atoms. The number of ether oxygens (including phenoxy) is 1. The summed E-state index contributed by atoms with van der Waals surface area (Å²) in [5.41, 5.74) is 3.46. The van der Waals surface area contributed by atoms with Gasteiger partial charge in [0.15, 0.2) is 5.11 Å². The lowest BCUT2D eigenvalue weighted by atomic mass is 10.1. The number of benzene rings is 1. The first kappa shape index (κ1) is 20.6. The molecule has 0 aliphatic carbocycles. The van der Waals surface area contributed by atoms with Gasteiger partial charge in [0.1, 0.15) is 17.4 Å². The molecule has 0 amide bonds. The molecule has 0 radical (unpaired) electrons. The van der Waals surface area contributed by atoms with Crippen LogP contribution >= 0.6 is 23.6 Å². The van der Waals surface area contributed by atoms with E-state index in [-0.39, 0.29) is 0 Å². The SMILES string of the molecule is CCNC(=S)N(Cc1csc(COc2cccc(C)c2C)n1)[C@H](C)CC. The molecule has 142 valence electrons. The zero-order valence-electron chi connectivity index (χ0n) is 16.3. The van der Waals surface area contributed by atoms with Crippen LogP contribution in [-0.4, -0.2) is 27.6 Å². The normalized spacial score (nSPS) is 11.9. The van der Waals surface area contributed by atoms with Gasteiger partial charge in [-0.1, -0.05) is 19.1 Å². The molecule has 1 heterocycles. The number of rotatable bonds is 8. The molecule has 1 atom stereocenters. The molecule has 0 unspecified atom stereocenters. The molecule has 0 saturated carbocycles. The molecule has 0 spiro atoms. The predicted molar refractivity (Wildman–Crippen MR) is 114 cm³/mol. The second-order valence-electron chi connectivity index (χ2n) is 6.44. The minimum atomic E-state index is 0.373. The minimum Gasteiger partial charge on any atom is -0.486 e. The van der Waals surface area contributed by atoms with E-state index in [2.05, 4.69) is 56.3 Å². The molecule has 0 saturated heterocycles. The van der Waals surface area contributed by atoms with Crippen molar-refractivity contribution in [2.75, 3.05) is 6.54 Å². The highest BCUT2D eigenvalue weighted by Gasteiger charge is 2.17. The van der Waals surface area contributed by atoms with Crippen LogP contribution in [0.1, 0.15) is 49.0 Å².